The maximum Gasteiger partial charge on any atom is 0.326 e. The summed E-state index contributed by atoms with van der Waals surface area (Å²) in [6, 6.07) is -6.09. The van der Waals surface area contributed by atoms with Crippen LogP contribution < -0.4 is 33.2 Å². The van der Waals surface area contributed by atoms with E-state index in [1.165, 1.54) is 0 Å². The zero-order chi connectivity index (χ0) is 25.9. The van der Waals surface area contributed by atoms with Crippen LogP contribution in [-0.2, 0) is 33.6 Å². The van der Waals surface area contributed by atoms with Crippen molar-refractivity contribution in [3.05, 3.63) is 0 Å². The molecule has 15 nitrogen and oxygen atoms in total. The third-order valence-electron chi connectivity index (χ3n) is 4.13. The molecule has 186 valence electrons. The topological polar surface area (TPSA) is 274 Å². The Kier molecular flexibility index (Phi) is 12.1. The van der Waals surface area contributed by atoms with Crippen LogP contribution in [0.4, 0.5) is 0 Å². The number of aliphatic carboxylic acids is 2. The first-order chi connectivity index (χ1) is 15.1. The molecule has 33 heavy (non-hydrogen) atoms. The van der Waals surface area contributed by atoms with Gasteiger partial charge < -0.3 is 43.4 Å². The minimum Gasteiger partial charge on any atom is -0.481 e. The molecule has 0 aliphatic rings. The normalized spacial score (nSPS) is 14.3. The molecule has 0 unspecified atom stereocenters. The number of hydrogen-bond donors (Lipinski definition) is 8. The molecule has 0 aromatic heterocycles. The van der Waals surface area contributed by atoms with E-state index in [-0.39, 0.29) is 12.3 Å². The Hall–Kier alpha value is -3.75. The van der Waals surface area contributed by atoms with E-state index in [2.05, 4.69) is 16.0 Å². The molecule has 0 radical (unpaired) electrons. The van der Waals surface area contributed by atoms with E-state index in [9.17, 15) is 33.6 Å². The van der Waals surface area contributed by atoms with Crippen LogP contribution in [0.3, 0.4) is 0 Å². The molecule has 0 rings (SSSR count). The van der Waals surface area contributed by atoms with Crippen molar-refractivity contribution >= 4 is 41.5 Å². The fourth-order valence-corrected chi connectivity index (χ4v) is 2.62. The first-order valence-corrected chi connectivity index (χ1v) is 9.81. The van der Waals surface area contributed by atoms with Crippen molar-refractivity contribution in [2.24, 2.45) is 23.1 Å². The monoisotopic (exact) mass is 474 g/mol. The van der Waals surface area contributed by atoms with Crippen LogP contribution in [0.1, 0.15) is 39.5 Å². The number of nitrogens with two attached hydrogens (primary N) is 3. The third kappa shape index (κ3) is 12.0. The second-order valence-electron chi connectivity index (χ2n) is 7.70. The number of carbonyl (C=O) groups is 7. The Labute approximate surface area is 188 Å². The van der Waals surface area contributed by atoms with Crippen molar-refractivity contribution in [2.75, 3.05) is 0 Å². The fraction of sp³-hybridized carbons (Fsp3) is 0.611. The summed E-state index contributed by atoms with van der Waals surface area (Å²) in [5.74, 6) is -8.11. The van der Waals surface area contributed by atoms with Gasteiger partial charge in [-0.2, -0.15) is 0 Å². The molecule has 0 bridgehead atoms. The molecule has 15 heteroatoms. The van der Waals surface area contributed by atoms with Gasteiger partial charge >= 0.3 is 11.9 Å². The molecule has 0 aliphatic heterocycles. The molecule has 0 aliphatic carbocycles. The van der Waals surface area contributed by atoms with Crippen LogP contribution in [0.15, 0.2) is 0 Å². The number of primary amides is 2. The smallest absolute Gasteiger partial charge is 0.326 e. The highest BCUT2D eigenvalue weighted by molar-refractivity contribution is 5.96. The van der Waals surface area contributed by atoms with Crippen LogP contribution >= 0.6 is 0 Å². The van der Waals surface area contributed by atoms with Crippen molar-refractivity contribution in [1.29, 1.82) is 0 Å². The molecule has 0 heterocycles. The lowest BCUT2D eigenvalue weighted by atomic mass is 10.0. The number of rotatable bonds is 15. The number of carboxylic acids is 2. The van der Waals surface area contributed by atoms with Crippen molar-refractivity contribution < 1.29 is 43.8 Å². The minimum atomic E-state index is -1.67. The van der Waals surface area contributed by atoms with E-state index in [1.807, 2.05) is 0 Å². The largest absolute Gasteiger partial charge is 0.481 e. The van der Waals surface area contributed by atoms with Crippen molar-refractivity contribution in [2.45, 2.75) is 63.7 Å². The summed E-state index contributed by atoms with van der Waals surface area (Å²) in [5, 5.41) is 24.6. The lowest BCUT2D eigenvalue weighted by Gasteiger charge is -2.25. The predicted octanol–water partition coefficient (Wildman–Crippen LogP) is -3.88. The van der Waals surface area contributed by atoms with Crippen LogP contribution in [0.2, 0.25) is 0 Å². The molecule has 11 N–H and O–H groups in total. The zero-order valence-corrected chi connectivity index (χ0v) is 18.2. The highest BCUT2D eigenvalue weighted by atomic mass is 16.4. The van der Waals surface area contributed by atoms with Gasteiger partial charge in [0, 0.05) is 0 Å². The molecule has 0 saturated carbocycles. The zero-order valence-electron chi connectivity index (χ0n) is 18.2. The third-order valence-corrected chi connectivity index (χ3v) is 4.13. The number of carbonyl (C=O) groups excluding carboxylic acids is 5. The average Bonchev–Trinajstić information content (AvgIpc) is 2.64. The Morgan fingerprint density at radius 3 is 1.58 bits per heavy atom. The summed E-state index contributed by atoms with van der Waals surface area (Å²) >= 11 is 0. The second kappa shape index (κ2) is 13.6. The standard InChI is InChI=1S/C18H30N6O9/c1-7(2)3-9(16(30)24-11(18(32)33)5-13(21)26)23-17(31)10(6-14(27)28)22-15(29)8(19)4-12(20)25/h7-11H,3-6,19H2,1-2H3,(H2,20,25)(H2,21,26)(H,22,29)(H,23,31)(H,24,30)(H,27,28)(H,32,33)/t8-,9-,10-,11-/m0/s1. The van der Waals surface area contributed by atoms with E-state index >= 15 is 0 Å². The van der Waals surface area contributed by atoms with Gasteiger partial charge in [-0.15, -0.1) is 0 Å². The van der Waals surface area contributed by atoms with E-state index < -0.39 is 84.9 Å². The quantitative estimate of drug-likeness (QED) is 0.114. The van der Waals surface area contributed by atoms with Gasteiger partial charge in [-0.05, 0) is 12.3 Å². The molecule has 5 amide bonds. The first-order valence-electron chi connectivity index (χ1n) is 9.81. The lowest BCUT2D eigenvalue weighted by molar-refractivity contribution is -0.144. The van der Waals surface area contributed by atoms with Crippen LogP contribution in [0, 0.1) is 5.92 Å². The Morgan fingerprint density at radius 1 is 0.697 bits per heavy atom. The van der Waals surface area contributed by atoms with Gasteiger partial charge in [0.05, 0.1) is 25.3 Å². The molecule has 0 aromatic rings. The molecular weight excluding hydrogens is 444 g/mol. The Bertz CT molecular complexity index is 785. The van der Waals surface area contributed by atoms with Crippen LogP contribution in [0.25, 0.3) is 0 Å². The van der Waals surface area contributed by atoms with Crippen molar-refractivity contribution in [3.8, 4) is 0 Å². The highest BCUT2D eigenvalue weighted by Gasteiger charge is 2.32. The van der Waals surface area contributed by atoms with Gasteiger partial charge in [-0.25, -0.2) is 4.79 Å². The Balaban J connectivity index is 5.56. The molecular formula is C18H30N6O9. The molecule has 0 fully saturated rings. The first kappa shape index (κ1) is 29.2. The number of nitrogens with one attached hydrogen (secondary N) is 3. The SMILES string of the molecule is CC(C)C[C@H](NC(=O)[C@H](CC(=O)O)NC(=O)[C@@H](N)CC(N)=O)C(=O)N[C@@H](CC(N)=O)C(=O)O. The predicted molar refractivity (Wildman–Crippen MR) is 111 cm³/mol. The van der Waals surface area contributed by atoms with Gasteiger partial charge in [0.15, 0.2) is 0 Å². The highest BCUT2D eigenvalue weighted by Crippen LogP contribution is 2.07. The average molecular weight is 474 g/mol. The molecule has 0 spiro atoms. The molecule has 0 saturated heterocycles. The van der Waals surface area contributed by atoms with E-state index in [0.29, 0.717) is 0 Å². The maximum absolute atomic E-state index is 12.7. The molecule has 4 atom stereocenters. The summed E-state index contributed by atoms with van der Waals surface area (Å²) in [6.45, 7) is 3.40. The lowest BCUT2D eigenvalue weighted by Crippen LogP contribution is -2.58. The van der Waals surface area contributed by atoms with E-state index in [1.54, 1.807) is 13.8 Å². The van der Waals surface area contributed by atoms with Crippen LogP contribution in [0.5, 0.6) is 0 Å². The summed E-state index contributed by atoms with van der Waals surface area (Å²) in [7, 11) is 0. The van der Waals surface area contributed by atoms with Gasteiger partial charge in [0.1, 0.15) is 18.1 Å². The summed E-state index contributed by atoms with van der Waals surface area (Å²) in [6.07, 6.45) is -2.12. The van der Waals surface area contributed by atoms with E-state index in [0.717, 1.165) is 0 Å². The second-order valence-corrected chi connectivity index (χ2v) is 7.70. The summed E-state index contributed by atoms with van der Waals surface area (Å²) in [4.78, 5) is 81.7. The number of amides is 5. The van der Waals surface area contributed by atoms with Gasteiger partial charge in [0.2, 0.25) is 29.5 Å². The minimum absolute atomic E-state index is 0.00934. The Morgan fingerprint density at radius 2 is 1.15 bits per heavy atom. The van der Waals surface area contributed by atoms with Crippen molar-refractivity contribution in [1.82, 2.24) is 16.0 Å². The number of hydrogen-bond acceptors (Lipinski definition) is 8. The van der Waals surface area contributed by atoms with E-state index in [4.69, 9.17) is 27.4 Å². The molecule has 0 aromatic carbocycles. The fourth-order valence-electron chi connectivity index (χ4n) is 2.62. The van der Waals surface area contributed by atoms with Crippen LogP contribution in [-0.4, -0.2) is 75.9 Å². The van der Waals surface area contributed by atoms with Gasteiger partial charge in [-0.3, -0.25) is 28.8 Å². The van der Waals surface area contributed by atoms with Crippen molar-refractivity contribution in [3.63, 3.8) is 0 Å². The summed E-state index contributed by atoms with van der Waals surface area (Å²) in [5.41, 5.74) is 15.4. The van der Waals surface area contributed by atoms with Gasteiger partial charge in [0.25, 0.3) is 0 Å². The maximum atomic E-state index is 12.7. The summed E-state index contributed by atoms with van der Waals surface area (Å²) < 4.78 is 0. The number of carboxylic acid groups (broad SMARTS) is 2. The van der Waals surface area contributed by atoms with Gasteiger partial charge in [-0.1, -0.05) is 13.8 Å².